The van der Waals surface area contributed by atoms with Crippen LogP contribution in [0.15, 0.2) is 28.7 Å². The number of rotatable bonds is 2. The zero-order chi connectivity index (χ0) is 15.8. The fraction of sp³-hybridized carbons (Fsp3) is 0.231. The van der Waals surface area contributed by atoms with E-state index in [1.807, 2.05) is 6.92 Å². The van der Waals surface area contributed by atoms with Crippen LogP contribution in [0.1, 0.15) is 21.7 Å². The van der Waals surface area contributed by atoms with Crippen molar-refractivity contribution in [2.45, 2.75) is 13.1 Å². The number of nitrogens with one attached hydrogen (secondary N) is 1. The number of aromatic nitrogens is 2. The molecule has 0 atom stereocenters. The molecule has 8 heteroatoms. The minimum Gasteiger partial charge on any atom is -0.320 e. The monoisotopic (exact) mass is 361 g/mol. The summed E-state index contributed by atoms with van der Waals surface area (Å²) in [5, 5.41) is 6.11. The van der Waals surface area contributed by atoms with E-state index in [1.165, 1.54) is 0 Å². The van der Waals surface area contributed by atoms with Crippen molar-refractivity contribution in [1.82, 2.24) is 9.78 Å². The van der Waals surface area contributed by atoms with Gasteiger partial charge in [0.05, 0.1) is 5.69 Å². The Balaban J connectivity index is 2.25. The smallest absolute Gasteiger partial charge is 0.320 e. The Labute approximate surface area is 127 Å². The van der Waals surface area contributed by atoms with Gasteiger partial charge in [0.2, 0.25) is 0 Å². The van der Waals surface area contributed by atoms with Crippen LogP contribution in [0.25, 0.3) is 0 Å². The molecule has 2 aromatic rings. The third-order valence-corrected chi connectivity index (χ3v) is 3.43. The summed E-state index contributed by atoms with van der Waals surface area (Å²) >= 11 is 3.28. The van der Waals surface area contributed by atoms with E-state index in [2.05, 4.69) is 26.3 Å². The maximum atomic E-state index is 12.7. The van der Waals surface area contributed by atoms with Crippen LogP contribution < -0.4 is 5.32 Å². The number of nitrogens with zero attached hydrogens (tertiary/aromatic N) is 2. The van der Waals surface area contributed by atoms with Gasteiger partial charge in [-0.15, -0.1) is 0 Å². The number of halogens is 4. The minimum absolute atomic E-state index is 0.294. The Morgan fingerprint density at radius 1 is 1.33 bits per heavy atom. The normalized spacial score (nSPS) is 11.5. The molecule has 0 aliphatic rings. The van der Waals surface area contributed by atoms with E-state index in [9.17, 15) is 18.0 Å². The quantitative estimate of drug-likeness (QED) is 0.884. The fourth-order valence-corrected chi connectivity index (χ4v) is 2.34. The molecule has 112 valence electrons. The summed E-state index contributed by atoms with van der Waals surface area (Å²) < 4.78 is 39.3. The van der Waals surface area contributed by atoms with Crippen molar-refractivity contribution in [3.05, 3.63) is 45.7 Å². The predicted octanol–water partition coefficient (Wildman–Crippen LogP) is 3.76. The van der Waals surface area contributed by atoms with E-state index in [0.717, 1.165) is 18.7 Å². The molecule has 0 unspecified atom stereocenters. The lowest BCUT2D eigenvalue weighted by atomic mass is 10.2. The lowest BCUT2D eigenvalue weighted by molar-refractivity contribution is -0.143. The molecule has 4 nitrogen and oxygen atoms in total. The highest BCUT2D eigenvalue weighted by Gasteiger charge is 2.35. The lowest BCUT2D eigenvalue weighted by Gasteiger charge is -2.06. The van der Waals surface area contributed by atoms with E-state index >= 15 is 0 Å². The van der Waals surface area contributed by atoms with Crippen molar-refractivity contribution in [1.29, 1.82) is 0 Å². The summed E-state index contributed by atoms with van der Waals surface area (Å²) in [4.78, 5) is 12.0. The van der Waals surface area contributed by atoms with E-state index in [1.54, 1.807) is 18.2 Å². The molecule has 0 saturated carbocycles. The Hall–Kier alpha value is -1.83. The highest BCUT2D eigenvalue weighted by molar-refractivity contribution is 9.10. The zero-order valence-electron chi connectivity index (χ0n) is 11.1. The third kappa shape index (κ3) is 3.44. The molecule has 21 heavy (non-hydrogen) atoms. The molecule has 1 heterocycles. The van der Waals surface area contributed by atoms with Crippen molar-refractivity contribution >= 4 is 27.5 Å². The first-order valence-corrected chi connectivity index (χ1v) is 6.66. The van der Waals surface area contributed by atoms with Gasteiger partial charge in [0.1, 0.15) is 5.69 Å². The van der Waals surface area contributed by atoms with E-state index < -0.39 is 17.8 Å². The maximum absolute atomic E-state index is 12.7. The largest absolute Gasteiger partial charge is 0.433 e. The van der Waals surface area contributed by atoms with E-state index in [-0.39, 0.29) is 5.69 Å². The van der Waals surface area contributed by atoms with Crippen molar-refractivity contribution < 1.29 is 18.0 Å². The van der Waals surface area contributed by atoms with Crippen molar-refractivity contribution in [3.63, 3.8) is 0 Å². The molecule has 0 saturated heterocycles. The maximum Gasteiger partial charge on any atom is 0.433 e. The van der Waals surface area contributed by atoms with Crippen LogP contribution in [0.3, 0.4) is 0 Å². The van der Waals surface area contributed by atoms with Gasteiger partial charge in [0, 0.05) is 17.6 Å². The standard InChI is InChI=1S/C13H11BrF3N3O/c1-7-3-4-9(8(14)5-7)18-12(21)10-6-11(13(15,16)17)20(2)19-10/h3-6H,1-2H3,(H,18,21). The molecule has 0 radical (unpaired) electrons. The summed E-state index contributed by atoms with van der Waals surface area (Å²) in [6, 6.07) is 5.94. The molecule has 1 aromatic carbocycles. The average Bonchev–Trinajstić information content (AvgIpc) is 2.75. The number of anilines is 1. The Morgan fingerprint density at radius 3 is 2.52 bits per heavy atom. The topological polar surface area (TPSA) is 46.9 Å². The van der Waals surface area contributed by atoms with Crippen LogP contribution >= 0.6 is 15.9 Å². The Kier molecular flexibility index (Phi) is 4.08. The molecular weight excluding hydrogens is 351 g/mol. The fourth-order valence-electron chi connectivity index (χ4n) is 1.75. The summed E-state index contributed by atoms with van der Waals surface area (Å²) in [5.74, 6) is -0.703. The third-order valence-electron chi connectivity index (χ3n) is 2.78. The molecule has 0 fully saturated rings. The molecule has 1 amide bonds. The predicted molar refractivity (Wildman–Crippen MR) is 75.0 cm³/mol. The molecule has 0 bridgehead atoms. The van der Waals surface area contributed by atoms with E-state index in [4.69, 9.17) is 0 Å². The average molecular weight is 362 g/mol. The minimum atomic E-state index is -4.55. The van der Waals surface area contributed by atoms with Gasteiger partial charge >= 0.3 is 6.18 Å². The molecule has 0 spiro atoms. The van der Waals surface area contributed by atoms with Crippen LogP contribution in [0, 0.1) is 6.92 Å². The van der Waals surface area contributed by atoms with Crippen molar-refractivity contribution in [2.75, 3.05) is 5.32 Å². The molecule has 1 N–H and O–H groups in total. The molecule has 0 aliphatic heterocycles. The van der Waals surface area contributed by atoms with Gasteiger partial charge in [-0.25, -0.2) is 0 Å². The van der Waals surface area contributed by atoms with E-state index in [0.29, 0.717) is 14.8 Å². The first kappa shape index (κ1) is 15.6. The second kappa shape index (κ2) is 5.51. The van der Waals surface area contributed by atoms with Gasteiger partial charge in [-0.2, -0.15) is 18.3 Å². The Morgan fingerprint density at radius 2 is 2.00 bits per heavy atom. The van der Waals surface area contributed by atoms with Crippen molar-refractivity contribution in [3.8, 4) is 0 Å². The first-order chi connectivity index (χ1) is 9.68. The molecular formula is C13H11BrF3N3O. The van der Waals surface area contributed by atoms with Crippen LogP contribution in [0.2, 0.25) is 0 Å². The second-order valence-corrected chi connectivity index (χ2v) is 5.33. The summed E-state index contributed by atoms with van der Waals surface area (Å²) in [5.41, 5.74) is 0.176. The van der Waals surface area contributed by atoms with Crippen LogP contribution in [0.5, 0.6) is 0 Å². The SMILES string of the molecule is Cc1ccc(NC(=O)c2cc(C(F)(F)F)n(C)n2)c(Br)c1. The number of alkyl halides is 3. The van der Waals surface area contributed by atoms with Gasteiger partial charge in [-0.3, -0.25) is 9.48 Å². The highest BCUT2D eigenvalue weighted by Crippen LogP contribution is 2.29. The highest BCUT2D eigenvalue weighted by atomic mass is 79.9. The summed E-state index contributed by atoms with van der Waals surface area (Å²) in [6.07, 6.45) is -4.55. The molecule has 1 aromatic heterocycles. The van der Waals surface area contributed by atoms with Gasteiger partial charge in [-0.1, -0.05) is 6.07 Å². The summed E-state index contributed by atoms with van der Waals surface area (Å²) in [7, 11) is 1.14. The van der Waals surface area contributed by atoms with Crippen molar-refractivity contribution in [2.24, 2.45) is 7.05 Å². The van der Waals surface area contributed by atoms with Crippen LogP contribution in [-0.2, 0) is 13.2 Å². The lowest BCUT2D eigenvalue weighted by Crippen LogP contribution is -2.13. The van der Waals surface area contributed by atoms with Crippen LogP contribution in [-0.4, -0.2) is 15.7 Å². The number of hydrogen-bond acceptors (Lipinski definition) is 2. The summed E-state index contributed by atoms with van der Waals surface area (Å²) in [6.45, 7) is 1.88. The van der Waals surface area contributed by atoms with Gasteiger partial charge < -0.3 is 5.32 Å². The van der Waals surface area contributed by atoms with Gasteiger partial charge in [0.25, 0.3) is 5.91 Å². The zero-order valence-corrected chi connectivity index (χ0v) is 12.7. The number of benzene rings is 1. The Bertz CT molecular complexity index is 694. The molecule has 2 rings (SSSR count). The van der Waals surface area contributed by atoms with Gasteiger partial charge in [0.15, 0.2) is 5.69 Å². The van der Waals surface area contributed by atoms with Gasteiger partial charge in [-0.05, 0) is 40.5 Å². The number of carbonyl (C=O) groups is 1. The number of hydrogen-bond donors (Lipinski definition) is 1. The number of carbonyl (C=O) groups excluding carboxylic acids is 1. The number of aryl methyl sites for hydroxylation is 2. The first-order valence-electron chi connectivity index (χ1n) is 5.87. The molecule has 0 aliphatic carbocycles. The van der Waals surface area contributed by atoms with Crippen LogP contribution in [0.4, 0.5) is 18.9 Å². The second-order valence-electron chi connectivity index (χ2n) is 4.47. The number of amides is 1.